The van der Waals surface area contributed by atoms with Gasteiger partial charge >= 0.3 is 0 Å². The Hall–Kier alpha value is 0.140. The zero-order chi connectivity index (χ0) is 11.0. The van der Waals surface area contributed by atoms with E-state index in [2.05, 4.69) is 0 Å². The second-order valence-electron chi connectivity index (χ2n) is 2.23. The first-order chi connectivity index (χ1) is 6.37. The Bertz CT molecular complexity index is 417. The zero-order valence-corrected chi connectivity index (χ0v) is 9.99. The quantitative estimate of drug-likeness (QED) is 0.735. The SMILES string of the molecule is O=c1c([O-])c(Cl)c(Cl)c(Cl)c(Cl)c1Cl. The standard InChI is InChI=1S/C7HCl5O2/c8-1-2(9)4(11)6(13)7(14)5(12)3(1)10/h(H,13,14)/p-1. The van der Waals surface area contributed by atoms with E-state index in [1.54, 1.807) is 0 Å². The highest BCUT2D eigenvalue weighted by Gasteiger charge is 2.13. The molecule has 1 rings (SSSR count). The van der Waals surface area contributed by atoms with Gasteiger partial charge in [0.2, 0.25) is 0 Å². The third-order valence-electron chi connectivity index (χ3n) is 1.38. The molecular formula is C7Cl5O2-. The van der Waals surface area contributed by atoms with Crippen LogP contribution in [-0.4, -0.2) is 0 Å². The second-order valence-corrected chi connectivity index (χ2v) is 4.12. The maximum atomic E-state index is 11.2. The van der Waals surface area contributed by atoms with Gasteiger partial charge in [-0.1, -0.05) is 58.0 Å². The molecule has 0 fully saturated rings. The lowest BCUT2D eigenvalue weighted by atomic mass is 10.4. The molecule has 0 N–H and O–H groups in total. The molecule has 0 radical (unpaired) electrons. The van der Waals surface area contributed by atoms with Gasteiger partial charge in [-0.15, -0.1) is 0 Å². The van der Waals surface area contributed by atoms with Gasteiger partial charge in [0.1, 0.15) is 5.02 Å². The van der Waals surface area contributed by atoms with Crippen molar-refractivity contribution in [1.29, 1.82) is 0 Å². The minimum Gasteiger partial charge on any atom is -0.869 e. The van der Waals surface area contributed by atoms with Crippen LogP contribution in [0.5, 0.6) is 5.75 Å². The molecule has 0 aliphatic rings. The maximum absolute atomic E-state index is 11.2. The van der Waals surface area contributed by atoms with Gasteiger partial charge in [0.05, 0.1) is 20.1 Å². The van der Waals surface area contributed by atoms with Crippen molar-refractivity contribution in [1.82, 2.24) is 0 Å². The third-order valence-corrected chi connectivity index (χ3v) is 3.62. The summed E-state index contributed by atoms with van der Waals surface area (Å²) in [6.45, 7) is 0. The van der Waals surface area contributed by atoms with E-state index in [0.717, 1.165) is 0 Å². The topological polar surface area (TPSA) is 40.1 Å². The normalized spacial score (nSPS) is 10.4. The summed E-state index contributed by atoms with van der Waals surface area (Å²) in [4.78, 5) is 11.2. The highest BCUT2D eigenvalue weighted by atomic mass is 35.5. The number of rotatable bonds is 0. The van der Waals surface area contributed by atoms with E-state index in [-0.39, 0.29) is 15.1 Å². The first kappa shape index (κ1) is 12.2. The molecule has 76 valence electrons. The summed E-state index contributed by atoms with van der Waals surface area (Å²) in [6.07, 6.45) is 0. The van der Waals surface area contributed by atoms with Crippen molar-refractivity contribution in [2.24, 2.45) is 0 Å². The Morgan fingerprint density at radius 1 is 0.714 bits per heavy atom. The number of hydrogen-bond acceptors (Lipinski definition) is 2. The lowest BCUT2D eigenvalue weighted by Gasteiger charge is -2.02. The van der Waals surface area contributed by atoms with Crippen LogP contribution < -0.4 is 10.5 Å². The molecule has 0 unspecified atom stereocenters. The lowest BCUT2D eigenvalue weighted by molar-refractivity contribution is -0.269. The Morgan fingerprint density at radius 3 is 1.57 bits per heavy atom. The first-order valence-electron chi connectivity index (χ1n) is 3.10. The van der Waals surface area contributed by atoms with E-state index in [4.69, 9.17) is 58.0 Å². The largest absolute Gasteiger partial charge is 0.869 e. The maximum Gasteiger partial charge on any atom is 0.192 e. The van der Waals surface area contributed by atoms with Gasteiger partial charge in [0.25, 0.3) is 0 Å². The molecule has 0 bridgehead atoms. The fraction of sp³-hybridized carbons (Fsp3) is 0. The van der Waals surface area contributed by atoms with Gasteiger partial charge in [-0.2, -0.15) is 0 Å². The fourth-order valence-corrected chi connectivity index (χ4v) is 1.74. The highest BCUT2D eigenvalue weighted by Crippen LogP contribution is 2.38. The van der Waals surface area contributed by atoms with E-state index in [1.165, 1.54) is 0 Å². The minimum atomic E-state index is -1.03. The lowest BCUT2D eigenvalue weighted by Crippen LogP contribution is -2.07. The predicted molar refractivity (Wildman–Crippen MR) is 57.2 cm³/mol. The van der Waals surface area contributed by atoms with Gasteiger partial charge in [0.15, 0.2) is 5.43 Å². The van der Waals surface area contributed by atoms with Crippen molar-refractivity contribution in [3.63, 3.8) is 0 Å². The molecule has 14 heavy (non-hydrogen) atoms. The molecule has 7 heteroatoms. The van der Waals surface area contributed by atoms with Crippen LogP contribution in [0.25, 0.3) is 0 Å². The molecule has 1 aromatic carbocycles. The van der Waals surface area contributed by atoms with Crippen LogP contribution in [0.1, 0.15) is 0 Å². The van der Waals surface area contributed by atoms with Gasteiger partial charge in [-0.05, 0) is 5.75 Å². The third kappa shape index (κ3) is 1.90. The number of halogens is 5. The van der Waals surface area contributed by atoms with E-state index >= 15 is 0 Å². The molecule has 0 saturated carbocycles. The summed E-state index contributed by atoms with van der Waals surface area (Å²) in [5, 5.41) is 9.41. The van der Waals surface area contributed by atoms with Gasteiger partial charge in [-0.3, -0.25) is 4.79 Å². The Balaban J connectivity index is 3.96. The van der Waals surface area contributed by atoms with Crippen molar-refractivity contribution in [3.05, 3.63) is 35.3 Å². The van der Waals surface area contributed by atoms with Crippen molar-refractivity contribution < 1.29 is 5.11 Å². The average Bonchev–Trinajstić information content (AvgIpc) is 2.23. The van der Waals surface area contributed by atoms with Gasteiger partial charge in [-0.25, -0.2) is 0 Å². The molecule has 0 spiro atoms. The molecule has 0 heterocycles. The number of hydrogen-bond donors (Lipinski definition) is 0. The van der Waals surface area contributed by atoms with E-state index in [9.17, 15) is 9.90 Å². The first-order valence-corrected chi connectivity index (χ1v) is 4.99. The average molecular weight is 293 g/mol. The Labute approximate surface area is 104 Å². The van der Waals surface area contributed by atoms with Crippen molar-refractivity contribution >= 4 is 58.0 Å². The highest BCUT2D eigenvalue weighted by molar-refractivity contribution is 6.54. The van der Waals surface area contributed by atoms with Crippen LogP contribution in [-0.2, 0) is 0 Å². The molecule has 0 atom stereocenters. The molecule has 0 aliphatic heterocycles. The summed E-state index contributed by atoms with van der Waals surface area (Å²) in [5.74, 6) is -1.03. The molecule has 2 nitrogen and oxygen atoms in total. The summed E-state index contributed by atoms with van der Waals surface area (Å²) >= 11 is 27.7. The van der Waals surface area contributed by atoms with Crippen LogP contribution in [0, 0.1) is 0 Å². The van der Waals surface area contributed by atoms with E-state index < -0.39 is 21.2 Å². The Morgan fingerprint density at radius 2 is 1.07 bits per heavy atom. The zero-order valence-electron chi connectivity index (χ0n) is 6.21. The molecule has 0 amide bonds. The van der Waals surface area contributed by atoms with Crippen LogP contribution in [0.15, 0.2) is 4.79 Å². The molecular weight excluding hydrogens is 293 g/mol. The van der Waals surface area contributed by atoms with E-state index in [1.807, 2.05) is 0 Å². The summed E-state index contributed by atoms with van der Waals surface area (Å²) in [6, 6.07) is 0. The smallest absolute Gasteiger partial charge is 0.192 e. The molecule has 0 saturated heterocycles. The second kappa shape index (κ2) is 4.33. The molecule has 0 aromatic heterocycles. The van der Waals surface area contributed by atoms with Crippen molar-refractivity contribution in [2.75, 3.05) is 0 Å². The summed E-state index contributed by atoms with van der Waals surface area (Å²) < 4.78 is 0. The van der Waals surface area contributed by atoms with Gasteiger partial charge in [0, 0.05) is 0 Å². The van der Waals surface area contributed by atoms with Crippen LogP contribution in [0.4, 0.5) is 0 Å². The minimum absolute atomic E-state index is 0.220. The fourth-order valence-electron chi connectivity index (χ4n) is 0.688. The molecule has 1 aromatic rings. The summed E-state index contributed by atoms with van der Waals surface area (Å²) in [5.41, 5.74) is -1.03. The Kier molecular flexibility index (Phi) is 3.78. The van der Waals surface area contributed by atoms with Crippen molar-refractivity contribution in [3.8, 4) is 5.75 Å². The van der Waals surface area contributed by atoms with Crippen LogP contribution in [0.3, 0.4) is 0 Å². The van der Waals surface area contributed by atoms with Gasteiger partial charge < -0.3 is 5.11 Å². The monoisotopic (exact) mass is 291 g/mol. The summed E-state index contributed by atoms with van der Waals surface area (Å²) in [7, 11) is 0. The van der Waals surface area contributed by atoms with Crippen LogP contribution in [0.2, 0.25) is 25.1 Å². The van der Waals surface area contributed by atoms with Crippen molar-refractivity contribution in [2.45, 2.75) is 0 Å². The van der Waals surface area contributed by atoms with E-state index in [0.29, 0.717) is 0 Å². The van der Waals surface area contributed by atoms with Crippen LogP contribution >= 0.6 is 58.0 Å². The predicted octanol–water partition coefficient (Wildman–Crippen LogP) is 3.39. The molecule has 0 aliphatic carbocycles.